The highest BCUT2D eigenvalue weighted by atomic mass is 16.5. The fourth-order valence-electron chi connectivity index (χ4n) is 3.89. The first-order valence-electron chi connectivity index (χ1n) is 9.55. The SMILES string of the molecule is Cc1nc2n(n1)CC(NC(=O)c1ccc(N3CC(C)OC(C)C3)nc1)CC2. The van der Waals surface area contributed by atoms with Crippen molar-refractivity contribution < 1.29 is 9.53 Å². The van der Waals surface area contributed by atoms with Gasteiger partial charge < -0.3 is 15.0 Å². The smallest absolute Gasteiger partial charge is 0.253 e. The Morgan fingerprint density at radius 2 is 2.00 bits per heavy atom. The summed E-state index contributed by atoms with van der Waals surface area (Å²) in [4.78, 5) is 23.7. The zero-order chi connectivity index (χ0) is 19.0. The Morgan fingerprint density at radius 1 is 1.22 bits per heavy atom. The summed E-state index contributed by atoms with van der Waals surface area (Å²) in [6, 6.07) is 3.82. The first-order chi connectivity index (χ1) is 13.0. The summed E-state index contributed by atoms with van der Waals surface area (Å²) in [5.41, 5.74) is 0.577. The summed E-state index contributed by atoms with van der Waals surface area (Å²) in [6.45, 7) is 8.31. The van der Waals surface area contributed by atoms with Gasteiger partial charge in [-0.1, -0.05) is 0 Å². The second kappa shape index (κ2) is 7.26. The molecule has 4 heterocycles. The van der Waals surface area contributed by atoms with Gasteiger partial charge in [0.05, 0.1) is 24.3 Å². The van der Waals surface area contributed by atoms with Gasteiger partial charge in [-0.3, -0.25) is 4.79 Å². The Labute approximate surface area is 158 Å². The minimum atomic E-state index is -0.0944. The molecule has 8 heteroatoms. The molecule has 3 unspecified atom stereocenters. The number of nitrogens with one attached hydrogen (secondary N) is 1. The molecule has 2 aliphatic rings. The lowest BCUT2D eigenvalue weighted by Gasteiger charge is -2.36. The maximum Gasteiger partial charge on any atom is 0.253 e. The summed E-state index contributed by atoms with van der Waals surface area (Å²) >= 11 is 0. The number of ether oxygens (including phenoxy) is 1. The van der Waals surface area contributed by atoms with Crippen molar-refractivity contribution in [1.82, 2.24) is 25.1 Å². The molecular weight excluding hydrogens is 344 g/mol. The summed E-state index contributed by atoms with van der Waals surface area (Å²) in [6.07, 6.45) is 3.71. The molecular formula is C19H26N6O2. The number of pyridine rings is 1. The Hall–Kier alpha value is -2.48. The van der Waals surface area contributed by atoms with E-state index in [1.165, 1.54) is 0 Å². The molecule has 27 heavy (non-hydrogen) atoms. The molecule has 0 radical (unpaired) electrons. The number of aryl methyl sites for hydroxylation is 2. The van der Waals surface area contributed by atoms with Crippen LogP contribution in [0.25, 0.3) is 0 Å². The van der Waals surface area contributed by atoms with Crippen molar-refractivity contribution in [2.75, 3.05) is 18.0 Å². The number of carbonyl (C=O) groups is 1. The van der Waals surface area contributed by atoms with Crippen LogP contribution < -0.4 is 10.2 Å². The van der Waals surface area contributed by atoms with E-state index >= 15 is 0 Å². The second-order valence-electron chi connectivity index (χ2n) is 7.53. The fourth-order valence-corrected chi connectivity index (χ4v) is 3.89. The lowest BCUT2D eigenvalue weighted by atomic mass is 10.1. The van der Waals surface area contributed by atoms with Crippen molar-refractivity contribution in [2.24, 2.45) is 0 Å². The first-order valence-corrected chi connectivity index (χ1v) is 9.55. The number of hydrogen-bond acceptors (Lipinski definition) is 6. The van der Waals surface area contributed by atoms with Crippen LogP contribution in [0, 0.1) is 6.92 Å². The molecule has 1 fully saturated rings. The van der Waals surface area contributed by atoms with Crippen molar-refractivity contribution in [3.8, 4) is 0 Å². The van der Waals surface area contributed by atoms with Crippen molar-refractivity contribution >= 4 is 11.7 Å². The number of nitrogens with zero attached hydrogens (tertiary/aromatic N) is 5. The third-order valence-corrected chi connectivity index (χ3v) is 5.05. The molecule has 1 N–H and O–H groups in total. The molecule has 2 aromatic rings. The van der Waals surface area contributed by atoms with E-state index in [0.717, 1.165) is 43.4 Å². The Kier molecular flexibility index (Phi) is 4.82. The zero-order valence-corrected chi connectivity index (χ0v) is 16.1. The van der Waals surface area contributed by atoms with Gasteiger partial charge in [0.25, 0.3) is 5.91 Å². The standard InChI is InChI=1S/C19H26N6O2/c1-12-9-24(10-13(2)27-12)17-6-4-15(8-20-17)19(26)22-16-5-7-18-21-14(3)23-25(18)11-16/h4,6,8,12-13,16H,5,7,9-11H2,1-3H3,(H,22,26). The zero-order valence-electron chi connectivity index (χ0n) is 16.1. The molecule has 1 saturated heterocycles. The molecule has 0 aliphatic carbocycles. The number of fused-ring (bicyclic) bond motifs is 1. The normalized spacial score (nSPS) is 25.1. The number of hydrogen-bond donors (Lipinski definition) is 1. The van der Waals surface area contributed by atoms with E-state index in [9.17, 15) is 4.79 Å². The van der Waals surface area contributed by atoms with Crippen LogP contribution in [0.1, 0.15) is 42.3 Å². The van der Waals surface area contributed by atoms with Crippen LogP contribution >= 0.6 is 0 Å². The lowest BCUT2D eigenvalue weighted by Crippen LogP contribution is -2.45. The van der Waals surface area contributed by atoms with Gasteiger partial charge in [-0.25, -0.2) is 14.6 Å². The Morgan fingerprint density at radius 3 is 2.70 bits per heavy atom. The largest absolute Gasteiger partial charge is 0.372 e. The fraction of sp³-hybridized carbons (Fsp3) is 0.579. The number of carbonyl (C=O) groups excluding carboxylic acids is 1. The molecule has 3 atom stereocenters. The van der Waals surface area contributed by atoms with Crippen molar-refractivity contribution in [2.45, 2.75) is 58.4 Å². The van der Waals surface area contributed by atoms with E-state index in [1.54, 1.807) is 6.20 Å². The van der Waals surface area contributed by atoms with Gasteiger partial charge in [0, 0.05) is 31.7 Å². The van der Waals surface area contributed by atoms with Gasteiger partial charge in [-0.15, -0.1) is 0 Å². The molecule has 0 bridgehead atoms. The quantitative estimate of drug-likeness (QED) is 0.878. The molecule has 1 amide bonds. The molecule has 2 aromatic heterocycles. The van der Waals surface area contributed by atoms with E-state index in [-0.39, 0.29) is 24.2 Å². The predicted molar refractivity (Wildman–Crippen MR) is 101 cm³/mol. The first kappa shape index (κ1) is 17.9. The molecule has 0 aromatic carbocycles. The van der Waals surface area contributed by atoms with Crippen molar-refractivity contribution in [3.63, 3.8) is 0 Å². The van der Waals surface area contributed by atoms with Crippen LogP contribution in [-0.2, 0) is 17.7 Å². The third kappa shape index (κ3) is 3.95. The van der Waals surface area contributed by atoms with Crippen molar-refractivity contribution in [3.05, 3.63) is 35.5 Å². The summed E-state index contributed by atoms with van der Waals surface area (Å²) in [7, 11) is 0. The lowest BCUT2D eigenvalue weighted by molar-refractivity contribution is -0.00546. The van der Waals surface area contributed by atoms with Gasteiger partial charge >= 0.3 is 0 Å². The van der Waals surface area contributed by atoms with Crippen LogP contribution in [0.5, 0.6) is 0 Å². The van der Waals surface area contributed by atoms with Crippen LogP contribution in [0.2, 0.25) is 0 Å². The minimum Gasteiger partial charge on any atom is -0.372 e. The molecule has 0 spiro atoms. The molecule has 0 saturated carbocycles. The highest BCUT2D eigenvalue weighted by Gasteiger charge is 2.25. The third-order valence-electron chi connectivity index (χ3n) is 5.05. The number of morpholine rings is 1. The van der Waals surface area contributed by atoms with Crippen molar-refractivity contribution in [1.29, 1.82) is 0 Å². The molecule has 144 valence electrons. The highest BCUT2D eigenvalue weighted by molar-refractivity contribution is 5.94. The minimum absolute atomic E-state index is 0.0618. The van der Waals surface area contributed by atoms with Gasteiger partial charge in [0.1, 0.15) is 17.5 Å². The van der Waals surface area contributed by atoms with Crippen LogP contribution in [0.4, 0.5) is 5.82 Å². The predicted octanol–water partition coefficient (Wildman–Crippen LogP) is 1.34. The Bertz CT molecular complexity index is 808. The summed E-state index contributed by atoms with van der Waals surface area (Å²) in [5.74, 6) is 2.57. The van der Waals surface area contributed by atoms with Gasteiger partial charge in [-0.2, -0.15) is 5.10 Å². The topological polar surface area (TPSA) is 85.2 Å². The van der Waals surface area contributed by atoms with E-state index in [2.05, 4.69) is 39.1 Å². The summed E-state index contributed by atoms with van der Waals surface area (Å²) < 4.78 is 7.66. The van der Waals surface area contributed by atoms with Crippen LogP contribution in [-0.4, -0.2) is 57.0 Å². The molecule has 8 nitrogen and oxygen atoms in total. The maximum atomic E-state index is 12.6. The number of rotatable bonds is 3. The molecule has 2 aliphatic heterocycles. The number of amides is 1. The van der Waals surface area contributed by atoms with Gasteiger partial charge in [-0.05, 0) is 39.3 Å². The van der Waals surface area contributed by atoms with E-state index < -0.39 is 0 Å². The number of aromatic nitrogens is 4. The second-order valence-corrected chi connectivity index (χ2v) is 7.53. The van der Waals surface area contributed by atoms with Crippen LogP contribution in [0.3, 0.4) is 0 Å². The Balaban J connectivity index is 1.38. The van der Waals surface area contributed by atoms with Gasteiger partial charge in [0.15, 0.2) is 0 Å². The van der Waals surface area contributed by atoms with E-state index in [4.69, 9.17) is 4.74 Å². The average molecular weight is 370 g/mol. The average Bonchev–Trinajstić information content (AvgIpc) is 3.00. The van der Waals surface area contributed by atoms with Gasteiger partial charge in [0.2, 0.25) is 0 Å². The maximum absolute atomic E-state index is 12.6. The summed E-state index contributed by atoms with van der Waals surface area (Å²) in [5, 5.41) is 7.48. The highest BCUT2D eigenvalue weighted by Crippen LogP contribution is 2.19. The van der Waals surface area contributed by atoms with E-state index in [0.29, 0.717) is 12.1 Å². The monoisotopic (exact) mass is 370 g/mol. The molecule has 4 rings (SSSR count). The number of anilines is 1. The van der Waals surface area contributed by atoms with E-state index in [1.807, 2.05) is 23.7 Å². The van der Waals surface area contributed by atoms with Crippen LogP contribution in [0.15, 0.2) is 18.3 Å².